The predicted octanol–water partition coefficient (Wildman–Crippen LogP) is 2.25. The van der Waals surface area contributed by atoms with Crippen LogP contribution < -0.4 is 11.2 Å². The SMILES string of the molecule is CN=Cc1cc(-n2c(=O)cc(C(F)(F)F)[nH]c2=O)ccc1Cl. The van der Waals surface area contributed by atoms with Crippen LogP contribution in [0, 0.1) is 0 Å². The number of H-pyrrole nitrogens is 1. The highest BCUT2D eigenvalue weighted by atomic mass is 35.5. The zero-order valence-corrected chi connectivity index (χ0v) is 11.9. The first-order valence-electron chi connectivity index (χ1n) is 5.89. The second kappa shape index (κ2) is 5.80. The summed E-state index contributed by atoms with van der Waals surface area (Å²) in [5.74, 6) is 0. The fraction of sp³-hybridized carbons (Fsp3) is 0.154. The molecule has 0 bridgehead atoms. The number of nitrogens with zero attached hydrogens (tertiary/aromatic N) is 2. The first kappa shape index (κ1) is 16.0. The molecule has 9 heteroatoms. The van der Waals surface area contributed by atoms with Gasteiger partial charge >= 0.3 is 11.9 Å². The van der Waals surface area contributed by atoms with Crippen molar-refractivity contribution in [2.24, 2.45) is 4.99 Å². The molecule has 1 heterocycles. The minimum atomic E-state index is -4.81. The minimum Gasteiger partial charge on any atom is -0.303 e. The summed E-state index contributed by atoms with van der Waals surface area (Å²) in [5.41, 5.74) is -3.19. The summed E-state index contributed by atoms with van der Waals surface area (Å²) < 4.78 is 38.2. The van der Waals surface area contributed by atoms with Crippen LogP contribution in [-0.2, 0) is 6.18 Å². The molecule has 0 aliphatic heterocycles. The Morgan fingerprint density at radius 3 is 2.50 bits per heavy atom. The van der Waals surface area contributed by atoms with Crippen LogP contribution in [0.1, 0.15) is 11.3 Å². The van der Waals surface area contributed by atoms with Crippen LogP contribution in [-0.4, -0.2) is 22.8 Å². The molecule has 116 valence electrons. The van der Waals surface area contributed by atoms with Crippen LogP contribution in [0.2, 0.25) is 5.02 Å². The lowest BCUT2D eigenvalue weighted by molar-refractivity contribution is -0.141. The van der Waals surface area contributed by atoms with Crippen molar-refractivity contribution in [3.8, 4) is 5.69 Å². The molecule has 0 fully saturated rings. The highest BCUT2D eigenvalue weighted by Gasteiger charge is 2.33. The van der Waals surface area contributed by atoms with E-state index in [1.807, 2.05) is 0 Å². The molecular weight excluding hydrogens is 323 g/mol. The summed E-state index contributed by atoms with van der Waals surface area (Å²) in [7, 11) is 1.50. The monoisotopic (exact) mass is 331 g/mol. The van der Waals surface area contributed by atoms with Crippen LogP contribution in [0.4, 0.5) is 13.2 Å². The molecule has 0 saturated carbocycles. The van der Waals surface area contributed by atoms with Gasteiger partial charge in [-0.2, -0.15) is 13.2 Å². The van der Waals surface area contributed by atoms with E-state index in [2.05, 4.69) is 4.99 Å². The number of benzene rings is 1. The molecule has 1 N–H and O–H groups in total. The van der Waals surface area contributed by atoms with Crippen LogP contribution in [0.25, 0.3) is 5.69 Å². The van der Waals surface area contributed by atoms with E-state index in [-0.39, 0.29) is 5.69 Å². The summed E-state index contributed by atoms with van der Waals surface area (Å²) in [6.07, 6.45) is -3.41. The molecule has 2 rings (SSSR count). The second-order valence-corrected chi connectivity index (χ2v) is 4.66. The Labute approximate surface area is 126 Å². The molecule has 0 unspecified atom stereocenters. The number of alkyl halides is 3. The molecule has 1 aromatic carbocycles. The Balaban J connectivity index is 2.67. The largest absolute Gasteiger partial charge is 0.431 e. The highest BCUT2D eigenvalue weighted by molar-refractivity contribution is 6.33. The van der Waals surface area contributed by atoms with Gasteiger partial charge in [0.15, 0.2) is 0 Å². The van der Waals surface area contributed by atoms with E-state index in [4.69, 9.17) is 11.6 Å². The number of aromatic nitrogens is 2. The maximum Gasteiger partial charge on any atom is 0.431 e. The molecule has 0 aliphatic carbocycles. The van der Waals surface area contributed by atoms with Crippen molar-refractivity contribution in [2.75, 3.05) is 7.05 Å². The first-order valence-corrected chi connectivity index (χ1v) is 6.27. The van der Waals surface area contributed by atoms with E-state index in [0.717, 1.165) is 0 Å². The van der Waals surface area contributed by atoms with E-state index >= 15 is 0 Å². The van der Waals surface area contributed by atoms with Crippen LogP contribution >= 0.6 is 11.6 Å². The van der Waals surface area contributed by atoms with E-state index in [1.165, 1.54) is 31.5 Å². The molecule has 0 atom stereocenters. The third-order valence-corrected chi connectivity index (χ3v) is 3.09. The van der Waals surface area contributed by atoms with Crippen molar-refractivity contribution in [1.29, 1.82) is 0 Å². The normalized spacial score (nSPS) is 12.0. The fourth-order valence-corrected chi connectivity index (χ4v) is 1.97. The Bertz CT molecular complexity index is 822. The standard InChI is InChI=1S/C13H9ClF3N3O2/c1-18-6-7-4-8(2-3-9(7)14)20-11(21)5-10(13(15,16)17)19-12(20)22/h2-6H,1H3,(H,19,22). The number of rotatable bonds is 2. The topological polar surface area (TPSA) is 67.2 Å². The van der Waals surface area contributed by atoms with Gasteiger partial charge in [-0.25, -0.2) is 9.36 Å². The Morgan fingerprint density at radius 2 is 1.95 bits per heavy atom. The van der Waals surface area contributed by atoms with E-state index in [0.29, 0.717) is 21.2 Å². The molecule has 0 aliphatic rings. The molecule has 0 radical (unpaired) electrons. The number of aromatic amines is 1. The molecule has 22 heavy (non-hydrogen) atoms. The van der Waals surface area contributed by atoms with E-state index in [9.17, 15) is 22.8 Å². The first-order chi connectivity index (χ1) is 10.2. The van der Waals surface area contributed by atoms with Gasteiger partial charge in [0, 0.05) is 29.9 Å². The average molecular weight is 332 g/mol. The van der Waals surface area contributed by atoms with Crippen molar-refractivity contribution < 1.29 is 13.2 Å². The predicted molar refractivity (Wildman–Crippen MR) is 76.2 cm³/mol. The average Bonchev–Trinajstić information content (AvgIpc) is 2.40. The number of hydrogen-bond donors (Lipinski definition) is 1. The smallest absolute Gasteiger partial charge is 0.303 e. The number of hydrogen-bond acceptors (Lipinski definition) is 3. The van der Waals surface area contributed by atoms with Gasteiger partial charge in [-0.15, -0.1) is 0 Å². The van der Waals surface area contributed by atoms with Gasteiger partial charge in [0.2, 0.25) is 0 Å². The molecule has 0 spiro atoms. The zero-order chi connectivity index (χ0) is 16.5. The lowest BCUT2D eigenvalue weighted by Gasteiger charge is -2.09. The van der Waals surface area contributed by atoms with Gasteiger partial charge in [-0.05, 0) is 18.2 Å². The fourth-order valence-electron chi connectivity index (χ4n) is 1.80. The summed E-state index contributed by atoms with van der Waals surface area (Å²) in [5, 5.41) is 0.325. The molecule has 0 amide bonds. The number of nitrogens with one attached hydrogen (secondary N) is 1. The van der Waals surface area contributed by atoms with Gasteiger partial charge in [0.25, 0.3) is 5.56 Å². The van der Waals surface area contributed by atoms with E-state index < -0.39 is 23.1 Å². The molecule has 1 aromatic heterocycles. The van der Waals surface area contributed by atoms with Gasteiger partial charge in [-0.3, -0.25) is 9.79 Å². The quantitative estimate of drug-likeness (QED) is 0.858. The van der Waals surface area contributed by atoms with Crippen molar-refractivity contribution in [3.05, 3.63) is 61.4 Å². The van der Waals surface area contributed by atoms with E-state index in [1.54, 1.807) is 4.98 Å². The van der Waals surface area contributed by atoms with Crippen molar-refractivity contribution in [3.63, 3.8) is 0 Å². The van der Waals surface area contributed by atoms with Crippen molar-refractivity contribution in [1.82, 2.24) is 9.55 Å². The van der Waals surface area contributed by atoms with Crippen LogP contribution in [0.3, 0.4) is 0 Å². The summed E-state index contributed by atoms with van der Waals surface area (Å²) in [6.45, 7) is 0. The minimum absolute atomic E-state index is 0.0827. The third-order valence-electron chi connectivity index (χ3n) is 2.74. The molecular formula is C13H9ClF3N3O2. The van der Waals surface area contributed by atoms with Crippen molar-refractivity contribution in [2.45, 2.75) is 6.18 Å². The highest BCUT2D eigenvalue weighted by Crippen LogP contribution is 2.25. The number of aliphatic imine (C=N–C) groups is 1. The van der Waals surface area contributed by atoms with Gasteiger partial charge < -0.3 is 4.98 Å². The molecule has 5 nitrogen and oxygen atoms in total. The summed E-state index contributed by atoms with van der Waals surface area (Å²) in [4.78, 5) is 29.0. The maximum atomic E-state index is 12.5. The second-order valence-electron chi connectivity index (χ2n) is 4.25. The lowest BCUT2D eigenvalue weighted by atomic mass is 10.2. The maximum absolute atomic E-state index is 12.5. The molecule has 0 saturated heterocycles. The van der Waals surface area contributed by atoms with Crippen molar-refractivity contribution >= 4 is 17.8 Å². The molecule has 2 aromatic rings. The lowest BCUT2D eigenvalue weighted by Crippen LogP contribution is -2.35. The van der Waals surface area contributed by atoms with Gasteiger partial charge in [0.1, 0.15) is 5.69 Å². The van der Waals surface area contributed by atoms with Crippen LogP contribution in [0.5, 0.6) is 0 Å². The Kier molecular flexibility index (Phi) is 4.23. The Hall–Kier alpha value is -2.35. The Morgan fingerprint density at radius 1 is 1.27 bits per heavy atom. The summed E-state index contributed by atoms with van der Waals surface area (Å²) >= 11 is 5.91. The van der Waals surface area contributed by atoms with Crippen LogP contribution in [0.15, 0.2) is 38.8 Å². The third kappa shape index (κ3) is 3.11. The number of halogens is 4. The zero-order valence-electron chi connectivity index (χ0n) is 11.1. The van der Waals surface area contributed by atoms with Gasteiger partial charge in [-0.1, -0.05) is 11.6 Å². The summed E-state index contributed by atoms with van der Waals surface area (Å²) in [6, 6.07) is 4.46. The van der Waals surface area contributed by atoms with Gasteiger partial charge in [0.05, 0.1) is 5.69 Å².